The van der Waals surface area contributed by atoms with Gasteiger partial charge in [0.25, 0.3) is 0 Å². The number of nitriles is 1. The summed E-state index contributed by atoms with van der Waals surface area (Å²) in [7, 11) is 2.10. The number of benzene rings is 1. The van der Waals surface area contributed by atoms with E-state index in [-0.39, 0.29) is 5.91 Å². The van der Waals surface area contributed by atoms with Gasteiger partial charge in [-0.15, -0.1) is 0 Å². The first-order valence-corrected chi connectivity index (χ1v) is 8.35. The maximum absolute atomic E-state index is 12.1. The molecular weight excluding hydrogens is 288 g/mol. The van der Waals surface area contributed by atoms with Gasteiger partial charge in [-0.1, -0.05) is 19.1 Å². The lowest BCUT2D eigenvalue weighted by Crippen LogP contribution is -2.43. The lowest BCUT2D eigenvalue weighted by molar-refractivity contribution is -0.116. The second-order valence-electron chi connectivity index (χ2n) is 6.10. The SMILES string of the molecule is CCN1CCC(N(C)CCC(=O)Nc2ccccc2C#N)CC1. The van der Waals surface area contributed by atoms with Crippen molar-refractivity contribution in [3.8, 4) is 6.07 Å². The van der Waals surface area contributed by atoms with E-state index in [0.717, 1.165) is 26.2 Å². The highest BCUT2D eigenvalue weighted by atomic mass is 16.1. The van der Waals surface area contributed by atoms with Crippen LogP contribution in [-0.4, -0.2) is 55.0 Å². The average molecular weight is 314 g/mol. The minimum absolute atomic E-state index is 0.0365. The number of para-hydroxylation sites is 1. The standard InChI is InChI=1S/C18H26N4O/c1-3-22-12-8-16(9-13-22)21(2)11-10-18(23)20-17-7-5-4-6-15(17)14-19/h4-7,16H,3,8-13H2,1-2H3,(H,20,23). The molecule has 0 bridgehead atoms. The molecule has 0 spiro atoms. The Bertz CT molecular complexity index is 558. The van der Waals surface area contributed by atoms with Gasteiger partial charge in [-0.2, -0.15) is 5.26 Å². The van der Waals surface area contributed by atoms with E-state index in [4.69, 9.17) is 5.26 Å². The third kappa shape index (κ3) is 5.05. The van der Waals surface area contributed by atoms with E-state index >= 15 is 0 Å². The van der Waals surface area contributed by atoms with Crippen molar-refractivity contribution in [1.29, 1.82) is 5.26 Å². The first kappa shape index (κ1) is 17.5. The van der Waals surface area contributed by atoms with E-state index in [1.54, 1.807) is 18.2 Å². The number of piperidine rings is 1. The molecule has 124 valence electrons. The molecular formula is C18H26N4O. The summed E-state index contributed by atoms with van der Waals surface area (Å²) in [6, 6.07) is 9.76. The van der Waals surface area contributed by atoms with Gasteiger partial charge in [0.15, 0.2) is 0 Å². The van der Waals surface area contributed by atoms with E-state index in [1.165, 1.54) is 12.8 Å². The molecule has 0 atom stereocenters. The molecule has 0 aliphatic carbocycles. The third-order valence-electron chi connectivity index (χ3n) is 4.64. The molecule has 1 aromatic carbocycles. The zero-order valence-corrected chi connectivity index (χ0v) is 14.1. The van der Waals surface area contributed by atoms with Crippen molar-refractivity contribution in [2.24, 2.45) is 0 Å². The van der Waals surface area contributed by atoms with Gasteiger partial charge in [0.05, 0.1) is 11.3 Å². The van der Waals surface area contributed by atoms with Crippen molar-refractivity contribution >= 4 is 11.6 Å². The lowest BCUT2D eigenvalue weighted by atomic mass is 10.0. The van der Waals surface area contributed by atoms with Crippen LogP contribution in [0.2, 0.25) is 0 Å². The molecule has 5 nitrogen and oxygen atoms in total. The predicted molar refractivity (Wildman–Crippen MR) is 92.2 cm³/mol. The maximum atomic E-state index is 12.1. The number of hydrogen-bond donors (Lipinski definition) is 1. The van der Waals surface area contributed by atoms with Gasteiger partial charge in [-0.3, -0.25) is 4.79 Å². The molecule has 0 saturated carbocycles. The summed E-state index contributed by atoms with van der Waals surface area (Å²) < 4.78 is 0. The Hall–Kier alpha value is -1.90. The van der Waals surface area contributed by atoms with E-state index in [1.807, 2.05) is 6.07 Å². The Morgan fingerprint density at radius 3 is 2.74 bits per heavy atom. The molecule has 0 unspecified atom stereocenters. The molecule has 1 heterocycles. The van der Waals surface area contributed by atoms with Gasteiger partial charge in [0.1, 0.15) is 6.07 Å². The van der Waals surface area contributed by atoms with Gasteiger partial charge in [0.2, 0.25) is 5.91 Å². The van der Waals surface area contributed by atoms with E-state index in [0.29, 0.717) is 23.7 Å². The number of carbonyl (C=O) groups is 1. The summed E-state index contributed by atoms with van der Waals surface area (Å²) in [5.41, 5.74) is 1.10. The van der Waals surface area contributed by atoms with Crippen molar-refractivity contribution in [3.05, 3.63) is 29.8 Å². The van der Waals surface area contributed by atoms with Crippen molar-refractivity contribution in [1.82, 2.24) is 9.80 Å². The molecule has 5 heteroatoms. The summed E-state index contributed by atoms with van der Waals surface area (Å²) in [4.78, 5) is 16.9. The third-order valence-corrected chi connectivity index (χ3v) is 4.64. The molecule has 23 heavy (non-hydrogen) atoms. The molecule has 2 rings (SSSR count). The van der Waals surface area contributed by atoms with E-state index in [9.17, 15) is 4.79 Å². The molecule has 1 aliphatic rings. The minimum Gasteiger partial charge on any atom is -0.325 e. The molecule has 0 radical (unpaired) electrons. The summed E-state index contributed by atoms with van der Waals surface area (Å²) in [6.07, 6.45) is 2.79. The Kier molecular flexibility index (Phi) is 6.57. The van der Waals surface area contributed by atoms with Gasteiger partial charge in [-0.05, 0) is 51.7 Å². The highest BCUT2D eigenvalue weighted by Crippen LogP contribution is 2.16. The number of nitrogens with zero attached hydrogens (tertiary/aromatic N) is 3. The number of amides is 1. The second-order valence-corrected chi connectivity index (χ2v) is 6.10. The Morgan fingerprint density at radius 1 is 1.39 bits per heavy atom. The Labute approximate surface area is 138 Å². The normalized spacial score (nSPS) is 16.3. The molecule has 0 aromatic heterocycles. The molecule has 1 aliphatic heterocycles. The first-order chi connectivity index (χ1) is 11.1. The molecule has 1 amide bonds. The predicted octanol–water partition coefficient (Wildman–Crippen LogP) is 2.30. The van der Waals surface area contributed by atoms with E-state index in [2.05, 4.69) is 35.2 Å². The van der Waals surface area contributed by atoms with Crippen LogP contribution in [0.4, 0.5) is 5.69 Å². The average Bonchev–Trinajstić information content (AvgIpc) is 2.60. The quantitative estimate of drug-likeness (QED) is 0.875. The van der Waals surface area contributed by atoms with E-state index < -0.39 is 0 Å². The number of nitrogens with one attached hydrogen (secondary N) is 1. The van der Waals surface area contributed by atoms with Crippen LogP contribution in [0.3, 0.4) is 0 Å². The number of carbonyl (C=O) groups excluding carboxylic acids is 1. The van der Waals surface area contributed by atoms with Crippen molar-refractivity contribution in [3.63, 3.8) is 0 Å². The van der Waals surface area contributed by atoms with Gasteiger partial charge in [-0.25, -0.2) is 0 Å². The van der Waals surface area contributed by atoms with Crippen LogP contribution in [0.5, 0.6) is 0 Å². The van der Waals surface area contributed by atoms with Crippen molar-refractivity contribution < 1.29 is 4.79 Å². The minimum atomic E-state index is -0.0365. The molecule has 1 fully saturated rings. The molecule has 1 N–H and O–H groups in total. The summed E-state index contributed by atoms with van der Waals surface area (Å²) in [6.45, 7) is 6.36. The second kappa shape index (κ2) is 8.66. The van der Waals surface area contributed by atoms with Gasteiger partial charge >= 0.3 is 0 Å². The zero-order valence-electron chi connectivity index (χ0n) is 14.1. The largest absolute Gasteiger partial charge is 0.325 e. The van der Waals surface area contributed by atoms with Crippen LogP contribution >= 0.6 is 0 Å². The fraction of sp³-hybridized carbons (Fsp3) is 0.556. The first-order valence-electron chi connectivity index (χ1n) is 8.35. The Morgan fingerprint density at radius 2 is 2.09 bits per heavy atom. The highest BCUT2D eigenvalue weighted by molar-refractivity contribution is 5.92. The van der Waals surface area contributed by atoms with Gasteiger partial charge in [0, 0.05) is 19.0 Å². The van der Waals surface area contributed by atoms with Crippen LogP contribution in [0, 0.1) is 11.3 Å². The lowest BCUT2D eigenvalue weighted by Gasteiger charge is -2.36. The summed E-state index contributed by atoms with van der Waals surface area (Å²) in [5, 5.41) is 11.9. The smallest absolute Gasteiger partial charge is 0.225 e. The number of likely N-dealkylation sites (tertiary alicyclic amines) is 1. The van der Waals surface area contributed by atoms with Crippen LogP contribution in [-0.2, 0) is 4.79 Å². The fourth-order valence-corrected chi connectivity index (χ4v) is 3.04. The van der Waals surface area contributed by atoms with Crippen molar-refractivity contribution in [2.45, 2.75) is 32.2 Å². The Balaban J connectivity index is 1.77. The van der Waals surface area contributed by atoms with Crippen LogP contribution < -0.4 is 5.32 Å². The zero-order chi connectivity index (χ0) is 16.7. The molecule has 1 saturated heterocycles. The topological polar surface area (TPSA) is 59.4 Å². The van der Waals surface area contributed by atoms with Crippen LogP contribution in [0.1, 0.15) is 31.7 Å². The highest BCUT2D eigenvalue weighted by Gasteiger charge is 2.21. The number of rotatable bonds is 6. The van der Waals surface area contributed by atoms with Crippen LogP contribution in [0.15, 0.2) is 24.3 Å². The monoisotopic (exact) mass is 314 g/mol. The summed E-state index contributed by atoms with van der Waals surface area (Å²) in [5.74, 6) is -0.0365. The maximum Gasteiger partial charge on any atom is 0.225 e. The number of hydrogen-bond acceptors (Lipinski definition) is 4. The molecule has 1 aromatic rings. The number of anilines is 1. The fourth-order valence-electron chi connectivity index (χ4n) is 3.04. The van der Waals surface area contributed by atoms with Crippen molar-refractivity contribution in [2.75, 3.05) is 38.5 Å². The van der Waals surface area contributed by atoms with Crippen LogP contribution in [0.25, 0.3) is 0 Å². The summed E-state index contributed by atoms with van der Waals surface area (Å²) >= 11 is 0. The van der Waals surface area contributed by atoms with Gasteiger partial charge < -0.3 is 15.1 Å².